The largest absolute Gasteiger partial charge is 0.0893 e. The van der Waals surface area contributed by atoms with Gasteiger partial charge in [0.25, 0.3) is 0 Å². The Morgan fingerprint density at radius 2 is 1.40 bits per heavy atom. The topological polar surface area (TPSA) is 0 Å². The summed E-state index contributed by atoms with van der Waals surface area (Å²) in [5.74, 6) is 1.27. The summed E-state index contributed by atoms with van der Waals surface area (Å²) < 4.78 is 0. The fourth-order valence-electron chi connectivity index (χ4n) is 1.83. The maximum Gasteiger partial charge on any atom is 0.0123 e. The molecule has 0 aliphatic rings. The molecule has 0 aliphatic heterocycles. The Morgan fingerprint density at radius 3 is 1.80 bits per heavy atom. The van der Waals surface area contributed by atoms with Crippen molar-refractivity contribution >= 4 is 15.9 Å². The first kappa shape index (κ1) is 12.8. The molecule has 0 aromatic heterocycles. The lowest BCUT2D eigenvalue weighted by molar-refractivity contribution is 0.681. The van der Waals surface area contributed by atoms with Crippen molar-refractivity contribution in [2.75, 3.05) is 0 Å². The first-order valence-electron chi connectivity index (χ1n) is 5.74. The number of hydrogen-bond acceptors (Lipinski definition) is 0. The predicted octanol–water partition coefficient (Wildman–Crippen LogP) is 5.09. The van der Waals surface area contributed by atoms with E-state index in [0.717, 1.165) is 0 Å². The fourth-order valence-corrected chi connectivity index (χ4v) is 2.39. The summed E-state index contributed by atoms with van der Waals surface area (Å²) in [5.41, 5.74) is 2.88. The molecule has 84 valence electrons. The van der Waals surface area contributed by atoms with Crippen LogP contribution in [0.2, 0.25) is 0 Å². The van der Waals surface area contributed by atoms with Crippen LogP contribution in [0.5, 0.6) is 0 Å². The van der Waals surface area contributed by atoms with E-state index in [1.165, 1.54) is 17.5 Å². The Labute approximate surface area is 102 Å². The lowest BCUT2D eigenvalue weighted by Gasteiger charge is -2.14. The smallest absolute Gasteiger partial charge is 0.0123 e. The summed E-state index contributed by atoms with van der Waals surface area (Å²) in [6.45, 7) is 8.97. The normalized spacial score (nSPS) is 15.3. The summed E-state index contributed by atoms with van der Waals surface area (Å²) in [6, 6.07) is 9.07. The van der Waals surface area contributed by atoms with Gasteiger partial charge in [0.2, 0.25) is 0 Å². The summed E-state index contributed by atoms with van der Waals surface area (Å²) in [4.78, 5) is 0.595. The summed E-state index contributed by atoms with van der Waals surface area (Å²) in [5, 5.41) is 0. The third-order valence-electron chi connectivity index (χ3n) is 2.85. The van der Waals surface area contributed by atoms with Gasteiger partial charge in [-0.3, -0.25) is 0 Å². The Hall–Kier alpha value is -0.300. The summed E-state index contributed by atoms with van der Waals surface area (Å²) in [6.07, 6.45) is 1.20. The zero-order valence-corrected chi connectivity index (χ0v) is 11.7. The Morgan fingerprint density at radius 1 is 0.933 bits per heavy atom. The number of rotatable bonds is 4. The van der Waals surface area contributed by atoms with Crippen molar-refractivity contribution in [2.45, 2.75) is 50.8 Å². The molecular formula is C14H21Br. The van der Waals surface area contributed by atoms with Crippen LogP contribution in [0, 0.1) is 0 Å². The molecular weight excluding hydrogens is 248 g/mol. The molecule has 0 nitrogen and oxygen atoms in total. The van der Waals surface area contributed by atoms with E-state index in [0.29, 0.717) is 16.7 Å². The minimum absolute atomic E-state index is 0.595. The number of alkyl halides is 1. The highest BCUT2D eigenvalue weighted by atomic mass is 79.9. The SMILES string of the molecule is CC(Br)CC(C)c1ccc(C(C)C)cc1. The second-order valence-corrected chi connectivity index (χ2v) is 6.30. The van der Waals surface area contributed by atoms with Gasteiger partial charge in [0.15, 0.2) is 0 Å². The van der Waals surface area contributed by atoms with Gasteiger partial charge in [0.05, 0.1) is 0 Å². The van der Waals surface area contributed by atoms with Crippen molar-refractivity contribution in [3.05, 3.63) is 35.4 Å². The van der Waals surface area contributed by atoms with Crippen LogP contribution < -0.4 is 0 Å². The number of benzene rings is 1. The zero-order valence-electron chi connectivity index (χ0n) is 10.1. The molecule has 1 heteroatoms. The Kier molecular flexibility index (Phi) is 4.85. The second kappa shape index (κ2) is 5.69. The minimum atomic E-state index is 0.595. The van der Waals surface area contributed by atoms with E-state index >= 15 is 0 Å². The molecule has 2 atom stereocenters. The Balaban J connectivity index is 2.71. The van der Waals surface area contributed by atoms with Gasteiger partial charge in [-0.05, 0) is 29.4 Å². The van der Waals surface area contributed by atoms with Crippen LogP contribution in [0.15, 0.2) is 24.3 Å². The van der Waals surface area contributed by atoms with Gasteiger partial charge >= 0.3 is 0 Å². The molecule has 0 aliphatic carbocycles. The van der Waals surface area contributed by atoms with Crippen molar-refractivity contribution in [3.63, 3.8) is 0 Å². The molecule has 2 unspecified atom stereocenters. The van der Waals surface area contributed by atoms with Crippen molar-refractivity contribution in [2.24, 2.45) is 0 Å². The van der Waals surface area contributed by atoms with Crippen LogP contribution in [-0.4, -0.2) is 4.83 Å². The highest BCUT2D eigenvalue weighted by Gasteiger charge is 2.08. The van der Waals surface area contributed by atoms with Crippen LogP contribution >= 0.6 is 15.9 Å². The van der Waals surface area contributed by atoms with Crippen LogP contribution in [-0.2, 0) is 0 Å². The first-order chi connectivity index (χ1) is 7.00. The highest BCUT2D eigenvalue weighted by Crippen LogP contribution is 2.25. The van der Waals surface area contributed by atoms with Crippen molar-refractivity contribution in [3.8, 4) is 0 Å². The average Bonchev–Trinajstić information content (AvgIpc) is 2.17. The maximum absolute atomic E-state index is 3.61. The quantitative estimate of drug-likeness (QED) is 0.668. The predicted molar refractivity (Wildman–Crippen MR) is 72.0 cm³/mol. The van der Waals surface area contributed by atoms with E-state index in [-0.39, 0.29) is 0 Å². The van der Waals surface area contributed by atoms with Gasteiger partial charge in [-0.25, -0.2) is 0 Å². The molecule has 0 fully saturated rings. The third-order valence-corrected chi connectivity index (χ3v) is 3.22. The highest BCUT2D eigenvalue weighted by molar-refractivity contribution is 9.09. The van der Waals surface area contributed by atoms with Crippen LogP contribution in [0.4, 0.5) is 0 Å². The van der Waals surface area contributed by atoms with Crippen molar-refractivity contribution < 1.29 is 0 Å². The molecule has 15 heavy (non-hydrogen) atoms. The molecule has 1 aromatic rings. The fraction of sp³-hybridized carbons (Fsp3) is 0.571. The van der Waals surface area contributed by atoms with E-state index < -0.39 is 0 Å². The van der Waals surface area contributed by atoms with Crippen LogP contribution in [0.1, 0.15) is 57.1 Å². The van der Waals surface area contributed by atoms with E-state index in [1.807, 2.05) is 0 Å². The molecule has 0 heterocycles. The molecule has 0 spiro atoms. The van der Waals surface area contributed by atoms with Gasteiger partial charge in [-0.2, -0.15) is 0 Å². The molecule has 1 rings (SSSR count). The molecule has 0 saturated carbocycles. The van der Waals surface area contributed by atoms with Crippen LogP contribution in [0.25, 0.3) is 0 Å². The molecule has 0 N–H and O–H groups in total. The van der Waals surface area contributed by atoms with Crippen molar-refractivity contribution in [1.82, 2.24) is 0 Å². The monoisotopic (exact) mass is 268 g/mol. The lowest BCUT2D eigenvalue weighted by atomic mass is 9.93. The zero-order chi connectivity index (χ0) is 11.4. The average molecular weight is 269 g/mol. The number of hydrogen-bond donors (Lipinski definition) is 0. The van der Waals surface area contributed by atoms with Gasteiger partial charge < -0.3 is 0 Å². The molecule has 0 bridgehead atoms. The van der Waals surface area contributed by atoms with Crippen molar-refractivity contribution in [1.29, 1.82) is 0 Å². The van der Waals surface area contributed by atoms with E-state index in [2.05, 4.69) is 67.9 Å². The molecule has 0 radical (unpaired) electrons. The molecule has 0 saturated heterocycles. The van der Waals surface area contributed by atoms with Gasteiger partial charge in [0, 0.05) is 4.83 Å². The van der Waals surface area contributed by atoms with Gasteiger partial charge in [-0.15, -0.1) is 0 Å². The Bertz CT molecular complexity index is 285. The maximum atomic E-state index is 3.61. The van der Waals surface area contributed by atoms with Gasteiger partial charge in [0.1, 0.15) is 0 Å². The van der Waals surface area contributed by atoms with E-state index in [9.17, 15) is 0 Å². The third kappa shape index (κ3) is 3.98. The van der Waals surface area contributed by atoms with E-state index in [4.69, 9.17) is 0 Å². The summed E-state index contributed by atoms with van der Waals surface area (Å²) >= 11 is 3.61. The second-order valence-electron chi connectivity index (χ2n) is 4.74. The first-order valence-corrected chi connectivity index (χ1v) is 6.66. The standard InChI is InChI=1S/C14H21Br/c1-10(2)13-5-7-14(8-6-13)11(3)9-12(4)15/h5-8,10-12H,9H2,1-4H3. The lowest BCUT2D eigenvalue weighted by Crippen LogP contribution is -2.00. The van der Waals surface area contributed by atoms with E-state index in [1.54, 1.807) is 0 Å². The number of halogens is 1. The summed E-state index contributed by atoms with van der Waals surface area (Å²) in [7, 11) is 0. The van der Waals surface area contributed by atoms with Crippen LogP contribution in [0.3, 0.4) is 0 Å². The minimum Gasteiger partial charge on any atom is -0.0893 e. The molecule has 0 amide bonds. The molecule has 1 aromatic carbocycles. The van der Waals surface area contributed by atoms with Gasteiger partial charge in [-0.1, -0.05) is 67.9 Å².